The predicted molar refractivity (Wildman–Crippen MR) is 191 cm³/mol. The van der Waals surface area contributed by atoms with Gasteiger partial charge in [0.2, 0.25) is 0 Å². The zero-order valence-electron chi connectivity index (χ0n) is 27.5. The molecule has 6 aromatic rings. The van der Waals surface area contributed by atoms with Crippen molar-refractivity contribution in [3.05, 3.63) is 178 Å². The Labute approximate surface area is 287 Å². The minimum atomic E-state index is -4.07. The Morgan fingerprint density at radius 2 is 0.735 bits per heavy atom. The van der Waals surface area contributed by atoms with Crippen LogP contribution in [0.2, 0.25) is 0 Å². The molecule has 0 heterocycles. The molecule has 0 aliphatic heterocycles. The van der Waals surface area contributed by atoms with Crippen molar-refractivity contribution >= 4 is 20.2 Å². The maximum Gasteiger partial charge on any atom is 0.339 e. The fraction of sp³-hybridized carbons (Fsp3) is 0.122. The van der Waals surface area contributed by atoms with Crippen molar-refractivity contribution in [3.8, 4) is 22.6 Å². The molecule has 0 spiro atoms. The Hall–Kier alpha value is -5.18. The molecule has 0 fully saturated rings. The van der Waals surface area contributed by atoms with Crippen molar-refractivity contribution in [3.63, 3.8) is 0 Å². The molecule has 8 heteroatoms. The van der Waals surface area contributed by atoms with Crippen LogP contribution in [0, 0.1) is 27.7 Å². The second kappa shape index (κ2) is 12.1. The number of aryl methyl sites for hydroxylation is 4. The molecule has 0 atom stereocenters. The normalized spacial score (nSPS) is 13.4. The van der Waals surface area contributed by atoms with E-state index in [0.717, 1.165) is 33.4 Å². The average Bonchev–Trinajstić information content (AvgIpc) is 3.40. The highest BCUT2D eigenvalue weighted by Gasteiger charge is 2.47. The Morgan fingerprint density at radius 1 is 0.429 bits per heavy atom. The van der Waals surface area contributed by atoms with E-state index in [2.05, 4.69) is 24.3 Å². The zero-order chi connectivity index (χ0) is 34.6. The van der Waals surface area contributed by atoms with Gasteiger partial charge in [0.15, 0.2) is 0 Å². The minimum Gasteiger partial charge on any atom is -0.378 e. The number of benzene rings is 6. The van der Waals surface area contributed by atoms with Gasteiger partial charge in [0.25, 0.3) is 0 Å². The van der Waals surface area contributed by atoms with Gasteiger partial charge in [-0.3, -0.25) is 0 Å². The van der Waals surface area contributed by atoms with E-state index in [1.807, 2.05) is 76.2 Å². The van der Waals surface area contributed by atoms with Gasteiger partial charge in [0.05, 0.1) is 5.41 Å². The zero-order valence-corrected chi connectivity index (χ0v) is 29.1. The molecule has 6 aromatic carbocycles. The van der Waals surface area contributed by atoms with Gasteiger partial charge >= 0.3 is 20.2 Å². The van der Waals surface area contributed by atoms with Crippen molar-refractivity contribution in [2.75, 3.05) is 0 Å². The third kappa shape index (κ3) is 5.41. The van der Waals surface area contributed by atoms with Crippen molar-refractivity contribution < 1.29 is 25.2 Å². The Bertz CT molecular complexity index is 2230. The van der Waals surface area contributed by atoms with Crippen LogP contribution in [-0.2, 0) is 25.7 Å². The quantitative estimate of drug-likeness (QED) is 0.149. The average molecular weight is 687 g/mol. The van der Waals surface area contributed by atoms with Crippen LogP contribution in [0.3, 0.4) is 0 Å². The van der Waals surface area contributed by atoms with Crippen molar-refractivity contribution in [2.45, 2.75) is 42.9 Å². The van der Waals surface area contributed by atoms with Crippen LogP contribution in [0.5, 0.6) is 11.5 Å². The van der Waals surface area contributed by atoms with Crippen LogP contribution in [-0.4, -0.2) is 16.8 Å². The van der Waals surface area contributed by atoms with Gasteiger partial charge in [-0.15, -0.1) is 0 Å². The van der Waals surface area contributed by atoms with Crippen molar-refractivity contribution in [1.82, 2.24) is 0 Å². The third-order valence-corrected chi connectivity index (χ3v) is 11.7. The summed E-state index contributed by atoms with van der Waals surface area (Å²) in [5.74, 6) is 0.564. The molecule has 1 aliphatic rings. The van der Waals surface area contributed by atoms with Crippen LogP contribution in [0.4, 0.5) is 0 Å². The lowest BCUT2D eigenvalue weighted by Crippen LogP contribution is -2.29. The first-order valence-electron chi connectivity index (χ1n) is 15.9. The molecule has 0 unspecified atom stereocenters. The van der Waals surface area contributed by atoms with Gasteiger partial charge in [0.1, 0.15) is 21.3 Å². The standard InChI is InChI=1S/C41H34O6S2/c1-27-23-31(24-28(2)39(27)46-48(42,43)33-15-7-5-8-16-33)41(37-21-13-11-19-35(37)36-20-12-14-22-38(36)41)32-25-29(3)40(30(4)26-32)47-49(44,45)34-17-9-6-10-18-34/h5-26H,1-4H3. The first kappa shape index (κ1) is 32.4. The molecular weight excluding hydrogens is 653 g/mol. The first-order chi connectivity index (χ1) is 23.4. The molecule has 1 aliphatic carbocycles. The highest BCUT2D eigenvalue weighted by atomic mass is 32.2. The number of fused-ring (bicyclic) bond motifs is 3. The summed E-state index contributed by atoms with van der Waals surface area (Å²) in [6, 6.07) is 40.8. The topological polar surface area (TPSA) is 86.7 Å². The summed E-state index contributed by atoms with van der Waals surface area (Å²) in [6.45, 7) is 7.42. The lowest BCUT2D eigenvalue weighted by Gasteiger charge is -2.35. The number of rotatable bonds is 8. The molecule has 0 amide bonds. The van der Waals surface area contributed by atoms with E-state index in [9.17, 15) is 16.8 Å². The van der Waals surface area contributed by atoms with E-state index in [0.29, 0.717) is 22.3 Å². The predicted octanol–water partition coefficient (Wildman–Crippen LogP) is 8.82. The van der Waals surface area contributed by atoms with Gasteiger partial charge in [-0.25, -0.2) is 0 Å². The molecule has 246 valence electrons. The molecule has 6 nitrogen and oxygen atoms in total. The SMILES string of the molecule is Cc1cc(C2(c3cc(C)c(OS(=O)(=O)c4ccccc4)c(C)c3)c3ccccc3-c3ccccc32)cc(C)c1OS(=O)(=O)c1ccccc1. The van der Waals surface area contributed by atoms with Gasteiger partial charge in [0, 0.05) is 0 Å². The smallest absolute Gasteiger partial charge is 0.339 e. The summed E-state index contributed by atoms with van der Waals surface area (Å²) >= 11 is 0. The molecule has 0 bridgehead atoms. The fourth-order valence-electron chi connectivity index (χ4n) is 7.11. The monoisotopic (exact) mass is 686 g/mol. The molecule has 0 aromatic heterocycles. The summed E-state index contributed by atoms with van der Waals surface area (Å²) in [6.07, 6.45) is 0. The molecule has 0 N–H and O–H groups in total. The van der Waals surface area contributed by atoms with Gasteiger partial charge < -0.3 is 8.37 Å². The third-order valence-electron chi connectivity index (χ3n) is 9.19. The summed E-state index contributed by atoms with van der Waals surface area (Å²) in [7, 11) is -8.14. The van der Waals surface area contributed by atoms with Crippen molar-refractivity contribution in [1.29, 1.82) is 0 Å². The largest absolute Gasteiger partial charge is 0.378 e. The highest BCUT2D eigenvalue weighted by molar-refractivity contribution is 7.87. The second-order valence-electron chi connectivity index (χ2n) is 12.4. The van der Waals surface area contributed by atoms with Gasteiger partial charge in [-0.1, -0.05) is 109 Å². The Kier molecular flexibility index (Phi) is 7.96. The molecular formula is C41H34O6S2. The van der Waals surface area contributed by atoms with Gasteiger partial charge in [-0.05, 0) is 108 Å². The molecule has 0 radical (unpaired) electrons. The molecule has 49 heavy (non-hydrogen) atoms. The summed E-state index contributed by atoms with van der Waals surface area (Å²) in [4.78, 5) is 0.158. The first-order valence-corrected chi connectivity index (χ1v) is 18.7. The minimum absolute atomic E-state index is 0.0792. The summed E-state index contributed by atoms with van der Waals surface area (Å²) in [5, 5.41) is 0. The van der Waals surface area contributed by atoms with E-state index < -0.39 is 25.7 Å². The van der Waals surface area contributed by atoms with E-state index in [4.69, 9.17) is 8.37 Å². The van der Waals surface area contributed by atoms with Crippen LogP contribution < -0.4 is 8.37 Å². The van der Waals surface area contributed by atoms with E-state index >= 15 is 0 Å². The van der Waals surface area contributed by atoms with Crippen LogP contribution in [0.25, 0.3) is 11.1 Å². The van der Waals surface area contributed by atoms with Gasteiger partial charge in [-0.2, -0.15) is 16.8 Å². The lowest BCUT2D eigenvalue weighted by molar-refractivity contribution is 0.480. The lowest BCUT2D eigenvalue weighted by atomic mass is 9.66. The van der Waals surface area contributed by atoms with Crippen LogP contribution in [0.15, 0.2) is 143 Å². The number of hydrogen-bond donors (Lipinski definition) is 0. The van der Waals surface area contributed by atoms with Crippen LogP contribution in [0.1, 0.15) is 44.5 Å². The maximum atomic E-state index is 13.3. The summed E-state index contributed by atoms with van der Waals surface area (Å²) in [5.41, 5.74) is 7.97. The molecule has 7 rings (SSSR count). The summed E-state index contributed by atoms with van der Waals surface area (Å²) < 4.78 is 64.7. The molecule has 0 saturated carbocycles. The molecule has 0 saturated heterocycles. The van der Waals surface area contributed by atoms with E-state index in [-0.39, 0.29) is 21.3 Å². The van der Waals surface area contributed by atoms with Crippen LogP contribution >= 0.6 is 0 Å². The Morgan fingerprint density at radius 3 is 1.08 bits per heavy atom. The van der Waals surface area contributed by atoms with E-state index in [1.54, 1.807) is 36.4 Å². The fourth-order valence-corrected chi connectivity index (χ4v) is 9.25. The van der Waals surface area contributed by atoms with Crippen molar-refractivity contribution in [2.24, 2.45) is 0 Å². The second-order valence-corrected chi connectivity index (χ2v) is 15.5. The highest BCUT2D eigenvalue weighted by Crippen LogP contribution is 2.57. The van der Waals surface area contributed by atoms with E-state index in [1.165, 1.54) is 24.3 Å². The maximum absolute atomic E-state index is 13.3. The Balaban J connectivity index is 1.43. The number of hydrogen-bond acceptors (Lipinski definition) is 6.